The van der Waals surface area contributed by atoms with Gasteiger partial charge in [0.25, 0.3) is 5.56 Å². The maximum absolute atomic E-state index is 13.1. The number of aliphatic hydroxyl groups is 1. The van der Waals surface area contributed by atoms with Crippen LogP contribution in [0.5, 0.6) is 5.75 Å². The van der Waals surface area contributed by atoms with Crippen LogP contribution in [0.1, 0.15) is 35.3 Å². The topological polar surface area (TPSA) is 117 Å². The predicted octanol–water partition coefficient (Wildman–Crippen LogP) is 2.22. The van der Waals surface area contributed by atoms with E-state index in [4.69, 9.17) is 14.5 Å². The van der Waals surface area contributed by atoms with Crippen LogP contribution in [0, 0.1) is 0 Å². The largest absolute Gasteiger partial charge is 0.513 e. The number of methoxy groups -OCH3 is 1. The van der Waals surface area contributed by atoms with E-state index in [1.165, 1.54) is 7.11 Å². The van der Waals surface area contributed by atoms with Crippen LogP contribution in [0.25, 0.3) is 22.3 Å². The van der Waals surface area contributed by atoms with Gasteiger partial charge in [-0.25, -0.2) is 14.6 Å². The number of hydrogen-bond acceptors (Lipinski definition) is 8. The van der Waals surface area contributed by atoms with Gasteiger partial charge in [-0.05, 0) is 36.2 Å². The average Bonchev–Trinajstić information content (AvgIpc) is 3.13. The van der Waals surface area contributed by atoms with Crippen LogP contribution in [0.4, 0.5) is 4.79 Å². The second-order valence-electron chi connectivity index (χ2n) is 7.37. The second-order valence-corrected chi connectivity index (χ2v) is 7.37. The summed E-state index contributed by atoms with van der Waals surface area (Å²) >= 11 is 0. The Morgan fingerprint density at radius 2 is 2.10 bits per heavy atom. The third kappa shape index (κ3) is 2.81. The fourth-order valence-electron chi connectivity index (χ4n) is 4.29. The molecule has 0 amide bonds. The van der Waals surface area contributed by atoms with Crippen molar-refractivity contribution in [3.8, 4) is 17.1 Å². The van der Waals surface area contributed by atoms with Crippen molar-refractivity contribution in [2.45, 2.75) is 32.6 Å². The van der Waals surface area contributed by atoms with Crippen molar-refractivity contribution in [3.63, 3.8) is 0 Å². The summed E-state index contributed by atoms with van der Waals surface area (Å²) in [5.74, 6) is -0.438. The van der Waals surface area contributed by atoms with E-state index in [1.54, 1.807) is 28.8 Å². The third-order valence-electron chi connectivity index (χ3n) is 5.77. The molecule has 0 saturated carbocycles. The van der Waals surface area contributed by atoms with Gasteiger partial charge in [0, 0.05) is 16.5 Å². The van der Waals surface area contributed by atoms with E-state index in [0.717, 1.165) is 16.5 Å². The van der Waals surface area contributed by atoms with Crippen molar-refractivity contribution in [1.82, 2.24) is 9.55 Å². The molecule has 2 aliphatic rings. The van der Waals surface area contributed by atoms with Gasteiger partial charge in [-0.2, -0.15) is 0 Å². The summed E-state index contributed by atoms with van der Waals surface area (Å²) in [7, 11) is 1.24. The van der Waals surface area contributed by atoms with Gasteiger partial charge in [-0.15, -0.1) is 0 Å². The van der Waals surface area contributed by atoms with Crippen LogP contribution in [-0.2, 0) is 33.8 Å². The molecular weight excluding hydrogens is 404 g/mol. The van der Waals surface area contributed by atoms with Crippen molar-refractivity contribution >= 4 is 23.0 Å². The SMILES string of the molecule is CCc1c2c(nc3ccc(OC(=O)OC)cc13)-c1cc3c(c(=O)n1C2)COC(=O)C3O. The molecule has 0 fully saturated rings. The Labute approximate surface area is 175 Å². The number of carbonyl (C=O) groups excluding carboxylic acids is 2. The second kappa shape index (κ2) is 6.92. The highest BCUT2D eigenvalue weighted by molar-refractivity contribution is 5.89. The lowest BCUT2D eigenvalue weighted by Crippen LogP contribution is -2.32. The van der Waals surface area contributed by atoms with Gasteiger partial charge in [0.2, 0.25) is 0 Å². The normalized spacial score (nSPS) is 16.4. The summed E-state index contributed by atoms with van der Waals surface area (Å²) in [4.78, 5) is 41.1. The van der Waals surface area contributed by atoms with Crippen LogP contribution in [0.15, 0.2) is 29.1 Å². The van der Waals surface area contributed by atoms with Crippen molar-refractivity contribution in [2.75, 3.05) is 7.11 Å². The molecule has 31 heavy (non-hydrogen) atoms. The first kappa shape index (κ1) is 19.3. The fourth-order valence-corrected chi connectivity index (χ4v) is 4.29. The van der Waals surface area contributed by atoms with E-state index in [2.05, 4.69) is 4.74 Å². The number of nitrogens with zero attached hydrogens (tertiary/aromatic N) is 2. The first-order valence-electron chi connectivity index (χ1n) is 9.76. The molecule has 1 N–H and O–H groups in total. The molecule has 5 rings (SSSR count). The summed E-state index contributed by atoms with van der Waals surface area (Å²) in [6.07, 6.45) is -1.64. The van der Waals surface area contributed by atoms with Gasteiger partial charge < -0.3 is 23.9 Å². The molecule has 0 spiro atoms. The zero-order valence-corrected chi connectivity index (χ0v) is 16.8. The summed E-state index contributed by atoms with van der Waals surface area (Å²) < 4.78 is 16.2. The monoisotopic (exact) mass is 422 g/mol. The minimum absolute atomic E-state index is 0.162. The van der Waals surface area contributed by atoms with E-state index in [1.807, 2.05) is 6.92 Å². The van der Waals surface area contributed by atoms with Crippen molar-refractivity contribution < 1.29 is 28.9 Å². The number of aryl methyl sites for hydroxylation is 1. The number of esters is 1. The molecule has 158 valence electrons. The number of hydrogen-bond donors (Lipinski definition) is 1. The molecule has 1 aromatic carbocycles. The summed E-state index contributed by atoms with van der Waals surface area (Å²) in [5.41, 5.74) is 3.96. The van der Waals surface area contributed by atoms with Gasteiger partial charge in [0.05, 0.1) is 36.1 Å². The molecule has 9 heteroatoms. The van der Waals surface area contributed by atoms with Crippen LogP contribution in [0.2, 0.25) is 0 Å². The lowest BCUT2D eigenvalue weighted by molar-refractivity contribution is -0.157. The van der Waals surface area contributed by atoms with Gasteiger partial charge in [0.15, 0.2) is 6.10 Å². The predicted molar refractivity (Wildman–Crippen MR) is 108 cm³/mol. The minimum Gasteiger partial charge on any atom is -0.458 e. The van der Waals surface area contributed by atoms with Crippen LogP contribution in [-0.4, -0.2) is 33.9 Å². The summed E-state index contributed by atoms with van der Waals surface area (Å²) in [5, 5.41) is 11.0. The number of pyridine rings is 2. The molecule has 1 atom stereocenters. The van der Waals surface area contributed by atoms with Crippen LogP contribution >= 0.6 is 0 Å². The molecule has 3 aromatic rings. The summed E-state index contributed by atoms with van der Waals surface area (Å²) in [6.45, 7) is 2.15. The zero-order valence-electron chi connectivity index (χ0n) is 16.8. The highest BCUT2D eigenvalue weighted by Crippen LogP contribution is 2.38. The third-order valence-corrected chi connectivity index (χ3v) is 5.77. The van der Waals surface area contributed by atoms with Crippen molar-refractivity contribution in [1.29, 1.82) is 0 Å². The molecule has 0 aliphatic carbocycles. The number of carbonyl (C=O) groups is 2. The Hall–Kier alpha value is -3.72. The number of benzene rings is 1. The number of cyclic esters (lactones) is 1. The first-order chi connectivity index (χ1) is 14.9. The molecule has 9 nitrogen and oxygen atoms in total. The quantitative estimate of drug-likeness (QED) is 0.386. The van der Waals surface area contributed by atoms with E-state index in [9.17, 15) is 19.5 Å². The number of aromatic nitrogens is 2. The molecule has 0 bridgehead atoms. The summed E-state index contributed by atoms with van der Waals surface area (Å²) in [6, 6.07) is 6.73. The molecule has 0 saturated heterocycles. The van der Waals surface area contributed by atoms with E-state index in [-0.39, 0.29) is 23.3 Å². The number of ether oxygens (including phenoxy) is 3. The number of aliphatic hydroxyl groups excluding tert-OH is 1. The van der Waals surface area contributed by atoms with Crippen LogP contribution < -0.4 is 10.3 Å². The maximum atomic E-state index is 13.1. The highest BCUT2D eigenvalue weighted by atomic mass is 16.7. The number of fused-ring (bicyclic) bond motifs is 5. The Bertz CT molecular complexity index is 1340. The van der Waals surface area contributed by atoms with Gasteiger partial charge in [-0.1, -0.05) is 6.92 Å². The minimum atomic E-state index is -1.49. The van der Waals surface area contributed by atoms with Gasteiger partial charge in [0.1, 0.15) is 12.4 Å². The standard InChI is InChI=1S/C22H18N2O7/c1-3-11-12-6-10(31-22(28)29-2)4-5-16(12)23-18-14(11)8-24-17(18)7-13-15(20(24)26)9-30-21(27)19(13)25/h4-7,19,25H,3,8-9H2,1-2H3. The Balaban J connectivity index is 1.71. The molecular formula is C22H18N2O7. The first-order valence-corrected chi connectivity index (χ1v) is 9.76. The van der Waals surface area contributed by atoms with Crippen molar-refractivity contribution in [2.24, 2.45) is 0 Å². The van der Waals surface area contributed by atoms with E-state index >= 15 is 0 Å². The van der Waals surface area contributed by atoms with E-state index < -0.39 is 18.2 Å². The Morgan fingerprint density at radius 1 is 1.29 bits per heavy atom. The molecule has 2 aliphatic heterocycles. The lowest BCUT2D eigenvalue weighted by atomic mass is 9.97. The molecule has 0 radical (unpaired) electrons. The molecule has 1 unspecified atom stereocenters. The Kier molecular flexibility index (Phi) is 4.30. The highest BCUT2D eigenvalue weighted by Gasteiger charge is 2.34. The van der Waals surface area contributed by atoms with Gasteiger partial charge >= 0.3 is 12.1 Å². The molecule has 4 heterocycles. The maximum Gasteiger partial charge on any atom is 0.513 e. The van der Waals surface area contributed by atoms with Gasteiger partial charge in [-0.3, -0.25) is 4.79 Å². The molecule has 2 aromatic heterocycles. The smallest absolute Gasteiger partial charge is 0.458 e. The van der Waals surface area contributed by atoms with E-state index in [0.29, 0.717) is 35.6 Å². The van der Waals surface area contributed by atoms with Crippen LogP contribution in [0.3, 0.4) is 0 Å². The average molecular weight is 422 g/mol. The zero-order chi connectivity index (χ0) is 21.9. The fraction of sp³-hybridized carbons (Fsp3) is 0.273. The van der Waals surface area contributed by atoms with Crippen molar-refractivity contribution in [3.05, 3.63) is 56.9 Å². The Morgan fingerprint density at radius 3 is 2.84 bits per heavy atom. The lowest BCUT2D eigenvalue weighted by Gasteiger charge is -2.21. The number of rotatable bonds is 2.